The lowest BCUT2D eigenvalue weighted by Crippen LogP contribution is -2.13. The van der Waals surface area contributed by atoms with Crippen molar-refractivity contribution in [2.75, 3.05) is 33.4 Å². The Morgan fingerprint density at radius 2 is 1.59 bits per heavy atom. The number of ether oxygens (including phenoxy) is 2. The molecule has 1 atom stereocenters. The molecule has 0 bridgehead atoms. The molecule has 0 radical (unpaired) electrons. The zero-order valence-electron chi connectivity index (χ0n) is 23.5. The summed E-state index contributed by atoms with van der Waals surface area (Å²) in [5.41, 5.74) is 12.7. The second kappa shape index (κ2) is 18.3. The molecule has 0 saturated heterocycles. The first-order chi connectivity index (χ1) is 19.9. The maximum atomic E-state index is 10.7. The highest BCUT2D eigenvalue weighted by Crippen LogP contribution is 2.43. The Hall–Kier alpha value is -4.03. The summed E-state index contributed by atoms with van der Waals surface area (Å²) in [6, 6.07) is 17.6. The minimum Gasteiger partial charge on any atom is -0.497 e. The molecule has 0 amide bonds. The maximum Gasteiger partial charge on any atom is 0.303 e. The molecule has 0 saturated carbocycles. The summed E-state index contributed by atoms with van der Waals surface area (Å²) in [6.07, 6.45) is 3.55. The number of aliphatic hydroxyl groups is 2. The van der Waals surface area contributed by atoms with Gasteiger partial charge in [-0.1, -0.05) is 42.5 Å². The third kappa shape index (κ3) is 10.5. The Morgan fingerprint density at radius 3 is 2.15 bits per heavy atom. The molecule has 0 aliphatic heterocycles. The van der Waals surface area contributed by atoms with Crippen molar-refractivity contribution < 1.29 is 34.0 Å². The number of rotatable bonds is 12. The van der Waals surface area contributed by atoms with E-state index >= 15 is 0 Å². The van der Waals surface area contributed by atoms with Crippen LogP contribution in [0.2, 0.25) is 0 Å². The predicted octanol–water partition coefficient (Wildman–Crippen LogP) is 3.85. The van der Waals surface area contributed by atoms with E-state index in [4.69, 9.17) is 40.7 Å². The number of aliphatic hydroxyl groups excluding tert-OH is 2. The lowest BCUT2D eigenvalue weighted by Gasteiger charge is -2.14. The summed E-state index contributed by atoms with van der Waals surface area (Å²) in [5, 5.41) is 25.0. The van der Waals surface area contributed by atoms with Crippen LogP contribution in [0.1, 0.15) is 32.6 Å². The zero-order chi connectivity index (χ0) is 30.0. The van der Waals surface area contributed by atoms with Crippen LogP contribution in [-0.4, -0.2) is 70.8 Å². The number of furan rings is 1. The van der Waals surface area contributed by atoms with Crippen molar-refractivity contribution in [3.8, 4) is 34.1 Å². The van der Waals surface area contributed by atoms with E-state index in [0.717, 1.165) is 35.3 Å². The summed E-state index contributed by atoms with van der Waals surface area (Å²) in [5.74, 6) is 1.12. The largest absolute Gasteiger partial charge is 0.497 e. The van der Waals surface area contributed by atoms with E-state index in [2.05, 4.69) is 9.97 Å². The number of hydrogen-bond donors (Lipinski definition) is 5. The van der Waals surface area contributed by atoms with Crippen LogP contribution >= 0.6 is 0 Å². The SMILES string of the molecule is COc1ccc(-c2c(-c3ccccc3)oc3ncnc(OC(C)CCCCC(=O)O)c23)cc1.NCCO.NCCO. The van der Waals surface area contributed by atoms with Gasteiger partial charge in [-0.15, -0.1) is 0 Å². The smallest absolute Gasteiger partial charge is 0.303 e. The number of carbonyl (C=O) groups is 1. The molecule has 11 nitrogen and oxygen atoms in total. The Balaban J connectivity index is 0.000000653. The molecule has 4 aromatic rings. The average Bonchev–Trinajstić information content (AvgIpc) is 3.41. The summed E-state index contributed by atoms with van der Waals surface area (Å²) in [6.45, 7) is 2.90. The van der Waals surface area contributed by atoms with E-state index in [-0.39, 0.29) is 25.7 Å². The van der Waals surface area contributed by atoms with E-state index in [9.17, 15) is 4.79 Å². The quantitative estimate of drug-likeness (QED) is 0.156. The number of nitrogens with zero attached hydrogens (tertiary/aromatic N) is 2. The van der Waals surface area contributed by atoms with Gasteiger partial charge in [-0.25, -0.2) is 9.97 Å². The van der Waals surface area contributed by atoms with E-state index < -0.39 is 5.97 Å². The van der Waals surface area contributed by atoms with Crippen LogP contribution in [0, 0.1) is 0 Å². The molecule has 11 heteroatoms. The minimum atomic E-state index is -0.781. The molecule has 0 fully saturated rings. The van der Waals surface area contributed by atoms with Crippen LogP contribution in [0.25, 0.3) is 33.6 Å². The van der Waals surface area contributed by atoms with Gasteiger partial charge < -0.3 is 40.7 Å². The van der Waals surface area contributed by atoms with Crippen LogP contribution in [-0.2, 0) is 4.79 Å². The lowest BCUT2D eigenvalue weighted by atomic mass is 9.99. The van der Waals surface area contributed by atoms with Gasteiger partial charge in [-0.05, 0) is 43.9 Å². The highest BCUT2D eigenvalue weighted by molar-refractivity contribution is 6.03. The molecule has 4 rings (SSSR count). The van der Waals surface area contributed by atoms with Gasteiger partial charge in [0.15, 0.2) is 0 Å². The fraction of sp³-hybridized carbons (Fsp3) is 0.367. The van der Waals surface area contributed by atoms with Gasteiger partial charge in [0, 0.05) is 30.6 Å². The van der Waals surface area contributed by atoms with Gasteiger partial charge in [0.25, 0.3) is 0 Å². The van der Waals surface area contributed by atoms with E-state index in [1.165, 1.54) is 6.33 Å². The highest BCUT2D eigenvalue weighted by atomic mass is 16.5. The summed E-state index contributed by atoms with van der Waals surface area (Å²) in [4.78, 5) is 19.5. The number of aromatic nitrogens is 2. The Morgan fingerprint density at radius 1 is 0.951 bits per heavy atom. The second-order valence-electron chi connectivity index (χ2n) is 8.85. The monoisotopic (exact) mass is 568 g/mol. The molecular weight excluding hydrogens is 528 g/mol. The normalized spacial score (nSPS) is 11.1. The molecular formula is C30H40N4O7. The van der Waals surface area contributed by atoms with Gasteiger partial charge in [-0.2, -0.15) is 0 Å². The summed E-state index contributed by atoms with van der Waals surface area (Å²) >= 11 is 0. The molecule has 1 unspecified atom stereocenters. The number of methoxy groups -OCH3 is 1. The standard InChI is InChI=1S/C26H26N2O5.2C2H7NO/c1-17(8-6-7-11-21(29)30)32-25-23-22(18-12-14-20(31-2)15-13-18)24(19-9-4-3-5-10-19)33-26(23)28-16-27-25;2*3-1-2-4/h3-5,9-10,12-17H,6-8,11H2,1-2H3,(H,29,30);2*4H,1-3H2. The number of carboxylic acid groups (broad SMARTS) is 1. The number of benzene rings is 2. The van der Waals surface area contributed by atoms with Crippen molar-refractivity contribution in [1.82, 2.24) is 9.97 Å². The predicted molar refractivity (Wildman–Crippen MR) is 158 cm³/mol. The second-order valence-corrected chi connectivity index (χ2v) is 8.85. The van der Waals surface area contributed by atoms with E-state index in [1.54, 1.807) is 7.11 Å². The molecule has 41 heavy (non-hydrogen) atoms. The topological polar surface area (TPSA) is 187 Å². The molecule has 0 spiro atoms. The van der Waals surface area contributed by atoms with Crippen molar-refractivity contribution in [1.29, 1.82) is 0 Å². The van der Waals surface area contributed by atoms with Gasteiger partial charge in [0.2, 0.25) is 11.6 Å². The Bertz CT molecular complexity index is 1290. The molecule has 222 valence electrons. The molecule has 7 N–H and O–H groups in total. The van der Waals surface area contributed by atoms with Crippen LogP contribution in [0.4, 0.5) is 0 Å². The van der Waals surface area contributed by atoms with Crippen LogP contribution < -0.4 is 20.9 Å². The van der Waals surface area contributed by atoms with Crippen molar-refractivity contribution in [2.24, 2.45) is 11.5 Å². The van der Waals surface area contributed by atoms with E-state index in [1.807, 2.05) is 61.5 Å². The fourth-order valence-corrected chi connectivity index (χ4v) is 3.78. The first-order valence-corrected chi connectivity index (χ1v) is 13.4. The number of nitrogens with two attached hydrogens (primary N) is 2. The maximum absolute atomic E-state index is 10.7. The van der Waals surface area contributed by atoms with E-state index in [0.29, 0.717) is 42.3 Å². The van der Waals surface area contributed by atoms with Gasteiger partial charge >= 0.3 is 5.97 Å². The Labute approximate surface area is 239 Å². The van der Waals surface area contributed by atoms with Crippen LogP contribution in [0.15, 0.2) is 65.3 Å². The fourth-order valence-electron chi connectivity index (χ4n) is 3.78. The third-order valence-electron chi connectivity index (χ3n) is 5.69. The number of hydrogen-bond acceptors (Lipinski definition) is 10. The molecule has 2 aromatic heterocycles. The number of fused-ring (bicyclic) bond motifs is 1. The molecule has 0 aliphatic carbocycles. The third-order valence-corrected chi connectivity index (χ3v) is 5.69. The van der Waals surface area contributed by atoms with Crippen LogP contribution in [0.5, 0.6) is 11.6 Å². The van der Waals surface area contributed by atoms with Gasteiger partial charge in [0.1, 0.15) is 23.2 Å². The zero-order valence-corrected chi connectivity index (χ0v) is 23.5. The van der Waals surface area contributed by atoms with Crippen molar-refractivity contribution >= 4 is 17.1 Å². The first-order valence-electron chi connectivity index (χ1n) is 13.4. The van der Waals surface area contributed by atoms with Crippen LogP contribution in [0.3, 0.4) is 0 Å². The van der Waals surface area contributed by atoms with Crippen molar-refractivity contribution in [3.63, 3.8) is 0 Å². The molecule has 2 heterocycles. The summed E-state index contributed by atoms with van der Waals surface area (Å²) < 4.78 is 17.7. The Kier molecular flexibility index (Phi) is 14.8. The van der Waals surface area contributed by atoms with Crippen molar-refractivity contribution in [2.45, 2.75) is 38.7 Å². The lowest BCUT2D eigenvalue weighted by molar-refractivity contribution is -0.137. The number of carboxylic acids is 1. The molecule has 2 aromatic carbocycles. The average molecular weight is 569 g/mol. The number of unbranched alkanes of at least 4 members (excludes halogenated alkanes) is 1. The first kappa shape index (κ1) is 33.2. The minimum absolute atomic E-state index is 0.0972. The van der Waals surface area contributed by atoms with Gasteiger partial charge in [0.05, 0.1) is 26.4 Å². The summed E-state index contributed by atoms with van der Waals surface area (Å²) in [7, 11) is 1.63. The number of aliphatic carboxylic acids is 1. The highest BCUT2D eigenvalue weighted by Gasteiger charge is 2.23. The molecule has 0 aliphatic rings. The van der Waals surface area contributed by atoms with Gasteiger partial charge in [-0.3, -0.25) is 4.79 Å². The van der Waals surface area contributed by atoms with Crippen molar-refractivity contribution in [3.05, 3.63) is 60.9 Å².